The first-order chi connectivity index (χ1) is 13.8. The number of alkyl halides is 1. The normalized spacial score (nSPS) is 33.0. The fraction of sp³-hybridized carbons (Fsp3) is 0.600. The van der Waals surface area contributed by atoms with Crippen molar-refractivity contribution >= 4 is 35.7 Å². The van der Waals surface area contributed by atoms with Crippen molar-refractivity contribution in [1.29, 1.82) is 0 Å². The van der Waals surface area contributed by atoms with Gasteiger partial charge in [-0.3, -0.25) is 14.1 Å². The highest BCUT2D eigenvalue weighted by molar-refractivity contribution is 7.71. The minimum Gasteiger partial charge on any atom is -0.384 e. The molecular weight excluding hydrogens is 516 g/mol. The van der Waals surface area contributed by atoms with Crippen LogP contribution in [0.1, 0.15) is 13.2 Å². The maximum absolute atomic E-state index is 15.1. The number of aliphatic hydroxyl groups is 2. The first kappa shape index (κ1) is 26.6. The van der Waals surface area contributed by atoms with Gasteiger partial charge >= 0.3 is 29.2 Å². The van der Waals surface area contributed by atoms with E-state index >= 15 is 4.39 Å². The number of nitrogens with one attached hydrogen (secondary N) is 1. The highest BCUT2D eigenvalue weighted by atomic mass is 32.1. The van der Waals surface area contributed by atoms with Crippen molar-refractivity contribution in [2.75, 3.05) is 6.61 Å². The summed E-state index contributed by atoms with van der Waals surface area (Å²) in [4.78, 5) is 49.5. The predicted molar refractivity (Wildman–Crippen MR) is 96.3 cm³/mol. The molecule has 0 bridgehead atoms. The number of phosphoric ester groups is 1. The van der Waals surface area contributed by atoms with Crippen LogP contribution in [0.2, 0.25) is 0 Å². The molecule has 1 fully saturated rings. The number of nitrogens with zero attached hydrogens (tertiary/aromatic N) is 1. The van der Waals surface area contributed by atoms with E-state index in [0.29, 0.717) is 4.57 Å². The van der Waals surface area contributed by atoms with Gasteiger partial charge in [0.15, 0.2) is 6.23 Å². The van der Waals surface area contributed by atoms with Crippen LogP contribution in [0.15, 0.2) is 17.1 Å². The number of rotatable bonds is 8. The fourth-order valence-electron chi connectivity index (χ4n) is 2.48. The largest absolute Gasteiger partial charge is 0.490 e. The molecule has 1 saturated heterocycles. The Morgan fingerprint density at radius 3 is 2.35 bits per heavy atom. The van der Waals surface area contributed by atoms with Gasteiger partial charge in [0.1, 0.15) is 23.0 Å². The average molecular weight is 532 g/mol. The minimum absolute atomic E-state index is 0.0152. The SMILES string of the molecule is CC1(O)[C@@H](O)[C@@](F)(COP(=O)(O)OP(=O)(O)OP(=O)(O)O)O[C@H]1n1ccc(=S)[nH]c1=O. The molecule has 16 nitrogen and oxygen atoms in total. The van der Waals surface area contributed by atoms with Crippen LogP contribution in [0.3, 0.4) is 0 Å². The maximum atomic E-state index is 15.1. The summed E-state index contributed by atoms with van der Waals surface area (Å²) >= 11 is 4.73. The van der Waals surface area contributed by atoms with Gasteiger partial charge in [-0.05, 0) is 13.0 Å². The summed E-state index contributed by atoms with van der Waals surface area (Å²) in [6, 6.07) is 1.17. The van der Waals surface area contributed by atoms with E-state index in [4.69, 9.17) is 31.6 Å². The third-order valence-corrected chi connectivity index (χ3v) is 7.73. The summed E-state index contributed by atoms with van der Waals surface area (Å²) in [6.45, 7) is -0.857. The van der Waals surface area contributed by atoms with E-state index in [1.165, 1.54) is 6.07 Å². The molecule has 0 amide bonds. The molecule has 0 aliphatic carbocycles. The number of aromatic amines is 1. The van der Waals surface area contributed by atoms with Gasteiger partial charge in [-0.15, -0.1) is 0 Å². The van der Waals surface area contributed by atoms with Gasteiger partial charge in [-0.1, -0.05) is 12.2 Å². The van der Waals surface area contributed by atoms with Crippen LogP contribution in [0.4, 0.5) is 4.39 Å². The Morgan fingerprint density at radius 1 is 1.26 bits per heavy atom. The molecule has 31 heavy (non-hydrogen) atoms. The Kier molecular flexibility index (Phi) is 7.36. The lowest BCUT2D eigenvalue weighted by Gasteiger charge is -2.27. The number of aliphatic hydroxyl groups excluding tert-OH is 1. The molecule has 0 saturated carbocycles. The predicted octanol–water partition coefficient (Wildman–Crippen LogP) is -0.444. The van der Waals surface area contributed by atoms with Gasteiger partial charge in [0, 0.05) is 6.20 Å². The molecule has 178 valence electrons. The first-order valence-corrected chi connectivity index (χ1v) is 12.6. The first-order valence-electron chi connectivity index (χ1n) is 7.65. The van der Waals surface area contributed by atoms with E-state index in [2.05, 4.69) is 18.1 Å². The molecule has 2 heterocycles. The summed E-state index contributed by atoms with van der Waals surface area (Å²) in [5.41, 5.74) is -3.49. The smallest absolute Gasteiger partial charge is 0.384 e. The number of hydrogen-bond donors (Lipinski definition) is 7. The monoisotopic (exact) mass is 532 g/mol. The third kappa shape index (κ3) is 6.43. The number of aromatic nitrogens is 2. The highest BCUT2D eigenvalue weighted by Gasteiger charge is 2.64. The number of H-pyrrole nitrogens is 1. The molecule has 7 N–H and O–H groups in total. The lowest BCUT2D eigenvalue weighted by Crippen LogP contribution is -2.49. The van der Waals surface area contributed by atoms with Gasteiger partial charge in [0.25, 0.3) is 5.85 Å². The second kappa shape index (κ2) is 8.59. The van der Waals surface area contributed by atoms with Crippen molar-refractivity contribution < 1.29 is 65.8 Å². The Balaban J connectivity index is 2.22. The lowest BCUT2D eigenvalue weighted by molar-refractivity contribution is -0.204. The molecule has 1 aliphatic heterocycles. The molecular formula is C10H16FN2O14P3S. The van der Waals surface area contributed by atoms with E-state index in [9.17, 15) is 33.6 Å². The van der Waals surface area contributed by atoms with Crippen LogP contribution in [0.5, 0.6) is 0 Å². The van der Waals surface area contributed by atoms with Crippen LogP contribution in [0.25, 0.3) is 0 Å². The van der Waals surface area contributed by atoms with E-state index in [-0.39, 0.29) is 4.64 Å². The van der Waals surface area contributed by atoms with Crippen molar-refractivity contribution in [3.8, 4) is 0 Å². The maximum Gasteiger partial charge on any atom is 0.490 e. The lowest BCUT2D eigenvalue weighted by atomic mass is 9.95. The van der Waals surface area contributed by atoms with Crippen LogP contribution >= 0.6 is 35.7 Å². The van der Waals surface area contributed by atoms with Gasteiger partial charge < -0.3 is 34.5 Å². The zero-order chi connectivity index (χ0) is 24.0. The molecule has 2 rings (SSSR count). The molecule has 3 unspecified atom stereocenters. The quantitative estimate of drug-likeness (QED) is 0.166. The molecule has 21 heteroatoms. The number of ether oxygens (including phenoxy) is 1. The van der Waals surface area contributed by atoms with Crippen molar-refractivity contribution in [2.45, 2.75) is 30.7 Å². The second-order valence-electron chi connectivity index (χ2n) is 6.27. The van der Waals surface area contributed by atoms with Gasteiger partial charge in [-0.2, -0.15) is 8.62 Å². The van der Waals surface area contributed by atoms with Crippen molar-refractivity contribution in [1.82, 2.24) is 9.55 Å². The highest BCUT2D eigenvalue weighted by Crippen LogP contribution is 2.66. The summed E-state index contributed by atoms with van der Waals surface area (Å²) in [5, 5.41) is 20.5. The minimum atomic E-state index is -5.87. The zero-order valence-corrected chi connectivity index (χ0v) is 18.5. The van der Waals surface area contributed by atoms with Crippen LogP contribution < -0.4 is 5.69 Å². The van der Waals surface area contributed by atoms with E-state index in [0.717, 1.165) is 13.1 Å². The summed E-state index contributed by atoms with van der Waals surface area (Å²) in [6.07, 6.45) is -3.41. The van der Waals surface area contributed by atoms with Gasteiger partial charge in [0.05, 0.1) is 0 Å². The molecule has 1 aromatic rings. The van der Waals surface area contributed by atoms with E-state index in [1.807, 2.05) is 0 Å². The summed E-state index contributed by atoms with van der Waals surface area (Å²) in [5.74, 6) is -3.48. The van der Waals surface area contributed by atoms with Crippen molar-refractivity contribution in [3.63, 3.8) is 0 Å². The van der Waals surface area contributed by atoms with Crippen LogP contribution in [-0.4, -0.2) is 63.5 Å². The summed E-state index contributed by atoms with van der Waals surface area (Å²) < 4.78 is 65.1. The second-order valence-corrected chi connectivity index (χ2v) is 11.1. The molecule has 1 aliphatic rings. The number of halogens is 1. The zero-order valence-electron chi connectivity index (χ0n) is 15.0. The molecule has 0 radical (unpaired) electrons. The Bertz CT molecular complexity index is 1100. The molecule has 1 aromatic heterocycles. The number of phosphoric acid groups is 3. The summed E-state index contributed by atoms with van der Waals surface area (Å²) in [7, 11) is -17.3. The van der Waals surface area contributed by atoms with Crippen molar-refractivity contribution in [2.24, 2.45) is 0 Å². The van der Waals surface area contributed by atoms with E-state index in [1.54, 1.807) is 0 Å². The van der Waals surface area contributed by atoms with Crippen LogP contribution in [0, 0.1) is 4.64 Å². The van der Waals surface area contributed by atoms with E-state index < -0.39 is 59.6 Å². The standard InChI is InChI=1S/C10H16FN2O14P3S/c1-9(16)6(14)10(11,25-7(9)13-3-2-5(31)12-8(13)15)4-24-29(20,21)27-30(22,23)26-28(17,18)19/h2-3,6-7,14,16H,4H2,1H3,(H,20,21)(H,22,23)(H,12,15,31)(H2,17,18,19)/t6-,7-,9?,10-/m1/s1. The van der Waals surface area contributed by atoms with Crippen molar-refractivity contribution in [3.05, 3.63) is 27.4 Å². The Labute approximate surface area is 176 Å². The topological polar surface area (TPSA) is 247 Å². The van der Waals surface area contributed by atoms with Crippen LogP contribution in [-0.2, 0) is 31.6 Å². The Hall–Kier alpha value is -0.680. The van der Waals surface area contributed by atoms with Gasteiger partial charge in [0.2, 0.25) is 0 Å². The molecule has 0 aromatic carbocycles. The fourth-order valence-corrected chi connectivity index (χ4v) is 5.66. The molecule has 0 spiro atoms. The number of hydrogen-bond acceptors (Lipinski definition) is 11. The average Bonchev–Trinajstić information content (AvgIpc) is 2.71. The molecule has 6 atom stereocenters. The third-order valence-electron chi connectivity index (χ3n) is 3.71. The Morgan fingerprint density at radius 2 is 1.84 bits per heavy atom. The van der Waals surface area contributed by atoms with Gasteiger partial charge in [-0.25, -0.2) is 22.9 Å².